The van der Waals surface area contributed by atoms with E-state index < -0.39 is 23.5 Å². The molecule has 0 radical (unpaired) electrons. The number of nitrogens with zero attached hydrogens (tertiary/aromatic N) is 1. The van der Waals surface area contributed by atoms with E-state index in [-0.39, 0.29) is 46.6 Å². The molecule has 0 bridgehead atoms. The van der Waals surface area contributed by atoms with Gasteiger partial charge in [0.05, 0.1) is 42.5 Å². The van der Waals surface area contributed by atoms with E-state index in [0.29, 0.717) is 12.2 Å². The number of aliphatic hydroxyl groups excluding tert-OH is 1. The number of halogens is 1. The molecule has 1 fully saturated rings. The number of hydrogen-bond donors (Lipinski definition) is 2. The Labute approximate surface area is 196 Å². The molecule has 3 rings (SSSR count). The Morgan fingerprint density at radius 3 is 2.55 bits per heavy atom. The van der Waals surface area contributed by atoms with Crippen LogP contribution >= 0.6 is 11.6 Å². The molecule has 2 aromatic carbocycles. The summed E-state index contributed by atoms with van der Waals surface area (Å²) in [4.78, 5) is 27.4. The minimum Gasteiger partial charge on any atom is -0.507 e. The van der Waals surface area contributed by atoms with Crippen molar-refractivity contribution in [1.29, 1.82) is 0 Å². The number of aromatic hydroxyl groups is 1. The molecule has 1 unspecified atom stereocenters. The van der Waals surface area contributed by atoms with Crippen LogP contribution in [0.5, 0.6) is 17.2 Å². The van der Waals surface area contributed by atoms with Crippen molar-refractivity contribution in [3.8, 4) is 17.2 Å². The first-order valence-electron chi connectivity index (χ1n) is 10.3. The van der Waals surface area contributed by atoms with Crippen molar-refractivity contribution in [2.24, 2.45) is 0 Å². The lowest BCUT2D eigenvalue weighted by atomic mass is 9.94. The van der Waals surface area contributed by atoms with Crippen molar-refractivity contribution in [2.75, 3.05) is 34.0 Å². The molecule has 1 heterocycles. The fraction of sp³-hybridized carbons (Fsp3) is 0.333. The lowest BCUT2D eigenvalue weighted by Crippen LogP contribution is -2.32. The van der Waals surface area contributed by atoms with E-state index in [2.05, 4.69) is 0 Å². The smallest absolute Gasteiger partial charge is 0.295 e. The van der Waals surface area contributed by atoms with Gasteiger partial charge in [0, 0.05) is 13.7 Å². The standard InChI is InChI=1S/C24H26ClNO7/c1-5-33-18-12-14(6-7-17(18)27)20-19(22(29)24(30)26(20)8-9-31-3)21(28)15-10-13(2)11-16(25)23(15)32-4/h6-7,10-12,20,27-28H,5,8-9H2,1-4H3/b21-19+. The number of phenolic OH excluding ortho intramolecular Hbond substituents is 1. The van der Waals surface area contributed by atoms with Crippen molar-refractivity contribution in [1.82, 2.24) is 4.90 Å². The normalized spacial score (nSPS) is 17.5. The van der Waals surface area contributed by atoms with E-state index in [1.165, 1.54) is 25.2 Å². The second-order valence-electron chi connectivity index (χ2n) is 7.47. The Hall–Kier alpha value is -3.23. The Kier molecular flexibility index (Phi) is 7.50. The molecule has 0 saturated carbocycles. The molecule has 2 N–H and O–H groups in total. The van der Waals surface area contributed by atoms with Crippen LogP contribution in [0, 0.1) is 6.92 Å². The third-order valence-corrected chi connectivity index (χ3v) is 5.60. The molecule has 2 aromatic rings. The van der Waals surface area contributed by atoms with Gasteiger partial charge in [-0.2, -0.15) is 0 Å². The maximum absolute atomic E-state index is 13.1. The summed E-state index contributed by atoms with van der Waals surface area (Å²) in [6.07, 6.45) is 0. The zero-order valence-corrected chi connectivity index (χ0v) is 19.6. The van der Waals surface area contributed by atoms with Crippen LogP contribution in [-0.2, 0) is 14.3 Å². The minimum absolute atomic E-state index is 0.0819. The Balaban J connectivity index is 2.27. The number of aryl methyl sites for hydroxylation is 1. The maximum Gasteiger partial charge on any atom is 0.295 e. The van der Waals surface area contributed by atoms with Crippen LogP contribution < -0.4 is 9.47 Å². The summed E-state index contributed by atoms with van der Waals surface area (Å²) >= 11 is 6.29. The van der Waals surface area contributed by atoms with Gasteiger partial charge in [-0.1, -0.05) is 17.7 Å². The third kappa shape index (κ3) is 4.62. The number of hydrogen-bond acceptors (Lipinski definition) is 7. The van der Waals surface area contributed by atoms with Gasteiger partial charge < -0.3 is 29.3 Å². The second-order valence-corrected chi connectivity index (χ2v) is 7.88. The molecule has 176 valence electrons. The van der Waals surface area contributed by atoms with E-state index in [0.717, 1.165) is 5.56 Å². The van der Waals surface area contributed by atoms with E-state index in [1.54, 1.807) is 38.1 Å². The molecule has 0 aliphatic carbocycles. The van der Waals surface area contributed by atoms with E-state index in [1.807, 2.05) is 0 Å². The fourth-order valence-electron chi connectivity index (χ4n) is 3.88. The number of ketones is 1. The summed E-state index contributed by atoms with van der Waals surface area (Å²) in [6.45, 7) is 4.15. The van der Waals surface area contributed by atoms with Crippen molar-refractivity contribution < 1.29 is 34.0 Å². The fourth-order valence-corrected chi connectivity index (χ4v) is 4.23. The highest BCUT2D eigenvalue weighted by atomic mass is 35.5. The average molecular weight is 476 g/mol. The number of methoxy groups -OCH3 is 2. The van der Waals surface area contributed by atoms with Gasteiger partial charge in [0.15, 0.2) is 11.5 Å². The van der Waals surface area contributed by atoms with Gasteiger partial charge in [0.25, 0.3) is 11.7 Å². The number of carbonyl (C=O) groups excluding carboxylic acids is 2. The van der Waals surface area contributed by atoms with Gasteiger partial charge in [0.1, 0.15) is 11.5 Å². The van der Waals surface area contributed by atoms with Gasteiger partial charge in [-0.05, 0) is 49.2 Å². The van der Waals surface area contributed by atoms with Crippen molar-refractivity contribution >= 4 is 29.1 Å². The quantitative estimate of drug-likeness (QED) is 0.339. The van der Waals surface area contributed by atoms with Crippen LogP contribution in [-0.4, -0.2) is 60.8 Å². The van der Waals surface area contributed by atoms with Gasteiger partial charge in [-0.3, -0.25) is 9.59 Å². The van der Waals surface area contributed by atoms with E-state index >= 15 is 0 Å². The number of aliphatic hydroxyl groups is 1. The summed E-state index contributed by atoms with van der Waals surface area (Å²) in [6, 6.07) is 6.89. The minimum atomic E-state index is -0.941. The molecule has 1 aliphatic rings. The topological polar surface area (TPSA) is 106 Å². The van der Waals surface area contributed by atoms with Crippen molar-refractivity contribution in [3.63, 3.8) is 0 Å². The highest BCUT2D eigenvalue weighted by Crippen LogP contribution is 2.44. The van der Waals surface area contributed by atoms with Crippen LogP contribution in [0.4, 0.5) is 0 Å². The molecule has 1 atom stereocenters. The summed E-state index contributed by atoms with van der Waals surface area (Å²) in [5.74, 6) is -1.74. The number of carbonyl (C=O) groups is 2. The number of phenols is 1. The Bertz CT molecular complexity index is 1110. The largest absolute Gasteiger partial charge is 0.507 e. The summed E-state index contributed by atoms with van der Waals surface area (Å²) < 4.78 is 16.0. The first-order valence-corrected chi connectivity index (χ1v) is 10.7. The number of Topliss-reactive ketones (excluding diaryl/α,β-unsaturated/α-hetero) is 1. The molecule has 1 aliphatic heterocycles. The van der Waals surface area contributed by atoms with Gasteiger partial charge in [-0.25, -0.2) is 0 Å². The number of likely N-dealkylation sites (tertiary alicyclic amines) is 1. The highest BCUT2D eigenvalue weighted by Gasteiger charge is 2.46. The number of rotatable bonds is 8. The summed E-state index contributed by atoms with van der Waals surface area (Å²) in [5, 5.41) is 21.7. The Morgan fingerprint density at radius 1 is 1.18 bits per heavy atom. The monoisotopic (exact) mass is 475 g/mol. The molecule has 9 heteroatoms. The predicted molar refractivity (Wildman–Crippen MR) is 123 cm³/mol. The molecule has 0 spiro atoms. The zero-order chi connectivity index (χ0) is 24.3. The maximum atomic E-state index is 13.1. The van der Waals surface area contributed by atoms with Gasteiger partial charge in [0.2, 0.25) is 0 Å². The van der Waals surface area contributed by atoms with Crippen LogP contribution in [0.3, 0.4) is 0 Å². The molecule has 1 amide bonds. The molecule has 8 nitrogen and oxygen atoms in total. The van der Waals surface area contributed by atoms with Gasteiger partial charge >= 0.3 is 0 Å². The lowest BCUT2D eigenvalue weighted by molar-refractivity contribution is -0.140. The average Bonchev–Trinajstić information content (AvgIpc) is 3.03. The lowest BCUT2D eigenvalue weighted by Gasteiger charge is -2.25. The molecular weight excluding hydrogens is 450 g/mol. The first-order chi connectivity index (χ1) is 15.7. The van der Waals surface area contributed by atoms with Crippen LogP contribution in [0.25, 0.3) is 5.76 Å². The Morgan fingerprint density at radius 2 is 1.91 bits per heavy atom. The van der Waals surface area contributed by atoms with Crippen LogP contribution in [0.2, 0.25) is 5.02 Å². The van der Waals surface area contributed by atoms with Crippen LogP contribution in [0.15, 0.2) is 35.9 Å². The van der Waals surface area contributed by atoms with E-state index in [9.17, 15) is 19.8 Å². The molecule has 0 aromatic heterocycles. The predicted octanol–water partition coefficient (Wildman–Crippen LogP) is 3.83. The second kappa shape index (κ2) is 10.1. The number of amides is 1. The SMILES string of the molecule is CCOc1cc(C2/C(=C(\O)c3cc(C)cc(Cl)c3OC)C(=O)C(=O)N2CCOC)ccc1O. The molecular formula is C24H26ClNO7. The highest BCUT2D eigenvalue weighted by molar-refractivity contribution is 6.46. The van der Waals surface area contributed by atoms with Crippen LogP contribution in [0.1, 0.15) is 29.7 Å². The zero-order valence-electron chi connectivity index (χ0n) is 18.8. The van der Waals surface area contributed by atoms with Gasteiger partial charge in [-0.15, -0.1) is 0 Å². The molecule has 33 heavy (non-hydrogen) atoms. The number of ether oxygens (including phenoxy) is 3. The third-order valence-electron chi connectivity index (χ3n) is 5.32. The summed E-state index contributed by atoms with van der Waals surface area (Å²) in [5.41, 5.74) is 1.28. The summed E-state index contributed by atoms with van der Waals surface area (Å²) in [7, 11) is 2.88. The first kappa shape index (κ1) is 24.4. The van der Waals surface area contributed by atoms with Crippen molar-refractivity contribution in [3.05, 3.63) is 57.6 Å². The van der Waals surface area contributed by atoms with E-state index in [4.69, 9.17) is 25.8 Å². The van der Waals surface area contributed by atoms with Crippen molar-refractivity contribution in [2.45, 2.75) is 19.9 Å². The number of benzene rings is 2. The molecule has 1 saturated heterocycles.